The zero-order valence-corrected chi connectivity index (χ0v) is 22.9. The minimum absolute atomic E-state index is 0.314. The van der Waals surface area contributed by atoms with Crippen LogP contribution in [0.4, 0.5) is 0 Å². The third-order valence-electron chi connectivity index (χ3n) is 8.18. The molecule has 6 heteroatoms. The molecule has 8 aromatic rings. The van der Waals surface area contributed by atoms with Crippen LogP contribution in [0.1, 0.15) is 51.2 Å². The second-order valence-electron chi connectivity index (χ2n) is 11.4. The van der Waals surface area contributed by atoms with Crippen LogP contribution in [0.5, 0.6) is 0 Å². The van der Waals surface area contributed by atoms with Crippen LogP contribution >= 0.6 is 0 Å². The Morgan fingerprint density at radius 3 is 1.38 bits per heavy atom. The predicted octanol–water partition coefficient (Wildman–Crippen LogP) is 8.76. The lowest BCUT2D eigenvalue weighted by molar-refractivity contribution is 0.799. The van der Waals surface area contributed by atoms with Crippen LogP contribution in [0.2, 0.25) is 0 Å². The maximum atomic E-state index is 4.96. The van der Waals surface area contributed by atoms with Crippen molar-refractivity contribution in [1.29, 1.82) is 0 Å². The van der Waals surface area contributed by atoms with Gasteiger partial charge in [-0.05, 0) is 56.9 Å². The van der Waals surface area contributed by atoms with Gasteiger partial charge in [0.1, 0.15) is 11.6 Å². The van der Waals surface area contributed by atoms with Gasteiger partial charge < -0.3 is 9.97 Å². The Morgan fingerprint density at radius 1 is 0.500 bits per heavy atom. The molecule has 0 aliphatic rings. The summed E-state index contributed by atoms with van der Waals surface area (Å²) in [6.07, 6.45) is 7.61. The van der Waals surface area contributed by atoms with Crippen LogP contribution in [0.3, 0.4) is 0 Å². The standard InChI is InChI=1S/C34H28N6/c1-17(2)33-37-29-23-7-5-19(13-25(23)21-9-11-35-15-27(21)31(29)39-33)20-6-8-24-26(14-20)22-10-12-36-16-28(22)32-30(24)38-34(40-32)18(3)4/h5-18H,1-4H3,(H,37,39)(H,38,40). The molecule has 4 aromatic heterocycles. The van der Waals surface area contributed by atoms with E-state index in [1.807, 2.05) is 24.8 Å². The Bertz CT molecular complexity index is 2120. The molecule has 0 fully saturated rings. The molecular formula is C34H28N6. The van der Waals surface area contributed by atoms with Crippen molar-refractivity contribution in [3.63, 3.8) is 0 Å². The van der Waals surface area contributed by atoms with Gasteiger partial charge in [-0.25, -0.2) is 9.97 Å². The lowest BCUT2D eigenvalue weighted by Crippen LogP contribution is -1.88. The lowest BCUT2D eigenvalue weighted by atomic mass is 9.94. The third-order valence-corrected chi connectivity index (χ3v) is 8.18. The van der Waals surface area contributed by atoms with Crippen LogP contribution in [-0.4, -0.2) is 29.9 Å². The van der Waals surface area contributed by atoms with Gasteiger partial charge in [-0.1, -0.05) is 52.0 Å². The van der Waals surface area contributed by atoms with Crippen molar-refractivity contribution in [1.82, 2.24) is 29.9 Å². The van der Waals surface area contributed by atoms with E-state index in [2.05, 4.69) is 96.2 Å². The molecule has 0 bridgehead atoms. The van der Waals surface area contributed by atoms with Crippen molar-refractivity contribution in [2.45, 2.75) is 39.5 Å². The monoisotopic (exact) mass is 520 g/mol. The molecule has 4 heterocycles. The molecule has 0 unspecified atom stereocenters. The first-order valence-corrected chi connectivity index (χ1v) is 13.9. The van der Waals surface area contributed by atoms with Crippen molar-refractivity contribution >= 4 is 65.2 Å². The summed E-state index contributed by atoms with van der Waals surface area (Å²) >= 11 is 0. The second-order valence-corrected chi connectivity index (χ2v) is 11.4. The number of hydrogen-bond donors (Lipinski definition) is 2. The number of hydrogen-bond acceptors (Lipinski definition) is 4. The molecule has 40 heavy (non-hydrogen) atoms. The minimum Gasteiger partial charge on any atom is -0.341 e. The first-order valence-electron chi connectivity index (χ1n) is 13.9. The average Bonchev–Trinajstić information content (AvgIpc) is 3.64. The van der Waals surface area contributed by atoms with Crippen molar-refractivity contribution < 1.29 is 0 Å². The maximum Gasteiger partial charge on any atom is 0.109 e. The molecule has 194 valence electrons. The number of benzene rings is 4. The van der Waals surface area contributed by atoms with Crippen LogP contribution < -0.4 is 0 Å². The molecule has 0 spiro atoms. The molecule has 4 aromatic carbocycles. The van der Waals surface area contributed by atoms with Gasteiger partial charge in [0.05, 0.1) is 22.1 Å². The lowest BCUT2D eigenvalue weighted by Gasteiger charge is -2.11. The number of aromatic nitrogens is 6. The molecule has 0 saturated heterocycles. The van der Waals surface area contributed by atoms with Crippen LogP contribution in [-0.2, 0) is 0 Å². The Balaban J connectivity index is 1.41. The zero-order valence-electron chi connectivity index (χ0n) is 22.9. The molecular weight excluding hydrogens is 492 g/mol. The summed E-state index contributed by atoms with van der Waals surface area (Å²) in [5.74, 6) is 2.62. The normalized spacial score (nSPS) is 12.4. The third kappa shape index (κ3) is 3.22. The van der Waals surface area contributed by atoms with Gasteiger partial charge >= 0.3 is 0 Å². The van der Waals surface area contributed by atoms with Gasteiger partial charge in [0, 0.05) is 58.2 Å². The largest absolute Gasteiger partial charge is 0.341 e. The van der Waals surface area contributed by atoms with E-state index in [9.17, 15) is 0 Å². The Hall–Kier alpha value is -4.84. The molecule has 0 saturated carbocycles. The van der Waals surface area contributed by atoms with Gasteiger partial charge in [0.15, 0.2) is 0 Å². The molecule has 0 amide bonds. The van der Waals surface area contributed by atoms with E-state index in [1.54, 1.807) is 0 Å². The van der Waals surface area contributed by atoms with Crippen molar-refractivity contribution in [3.05, 3.63) is 85.0 Å². The second kappa shape index (κ2) is 8.33. The average molecular weight is 521 g/mol. The first-order chi connectivity index (χ1) is 19.5. The minimum atomic E-state index is 0.314. The highest BCUT2D eigenvalue weighted by Crippen LogP contribution is 2.39. The Labute approximate surface area is 230 Å². The molecule has 8 rings (SSSR count). The van der Waals surface area contributed by atoms with Gasteiger partial charge in [0.25, 0.3) is 0 Å². The van der Waals surface area contributed by atoms with Crippen LogP contribution in [0.25, 0.3) is 76.3 Å². The van der Waals surface area contributed by atoms with Crippen molar-refractivity contribution in [3.8, 4) is 11.1 Å². The van der Waals surface area contributed by atoms with E-state index in [4.69, 9.17) is 9.97 Å². The fourth-order valence-corrected chi connectivity index (χ4v) is 6.07. The highest BCUT2D eigenvalue weighted by molar-refractivity contribution is 6.25. The molecule has 2 N–H and O–H groups in total. The Kier molecular flexibility index (Phi) is 4.81. The van der Waals surface area contributed by atoms with E-state index in [-0.39, 0.29) is 0 Å². The van der Waals surface area contributed by atoms with Gasteiger partial charge in [-0.15, -0.1) is 0 Å². The summed E-state index contributed by atoms with van der Waals surface area (Å²) in [5.41, 5.74) is 6.47. The summed E-state index contributed by atoms with van der Waals surface area (Å²) in [7, 11) is 0. The SMILES string of the molecule is CC(C)c1nc2c3cnccc3c3cc(-c4ccc5c(c4)c4ccncc4c4nc(C(C)C)[nH]c54)ccc3c2[nH]1. The smallest absolute Gasteiger partial charge is 0.109 e. The molecule has 0 radical (unpaired) electrons. The maximum absolute atomic E-state index is 4.96. The highest BCUT2D eigenvalue weighted by Gasteiger charge is 2.17. The summed E-state index contributed by atoms with van der Waals surface area (Å²) < 4.78 is 0. The highest BCUT2D eigenvalue weighted by atomic mass is 14.9. The number of nitrogens with zero attached hydrogens (tertiary/aromatic N) is 4. The zero-order chi connectivity index (χ0) is 27.1. The molecule has 0 aliphatic carbocycles. The summed E-state index contributed by atoms with van der Waals surface area (Å²) in [6, 6.07) is 17.7. The predicted molar refractivity (Wildman–Crippen MR) is 165 cm³/mol. The summed E-state index contributed by atoms with van der Waals surface area (Å²) in [5, 5.41) is 9.22. The molecule has 0 aliphatic heterocycles. The van der Waals surface area contributed by atoms with Crippen molar-refractivity contribution in [2.75, 3.05) is 0 Å². The number of H-pyrrole nitrogens is 2. The van der Waals surface area contributed by atoms with E-state index < -0.39 is 0 Å². The number of fused-ring (bicyclic) bond motifs is 12. The van der Waals surface area contributed by atoms with E-state index in [0.717, 1.165) is 44.5 Å². The number of pyridine rings is 2. The molecule has 6 nitrogen and oxygen atoms in total. The fraction of sp³-hybridized carbons (Fsp3) is 0.176. The van der Waals surface area contributed by atoms with Crippen molar-refractivity contribution in [2.24, 2.45) is 0 Å². The number of nitrogens with one attached hydrogen (secondary N) is 2. The van der Waals surface area contributed by atoms with E-state index in [0.29, 0.717) is 11.8 Å². The van der Waals surface area contributed by atoms with Crippen LogP contribution in [0.15, 0.2) is 73.3 Å². The topological polar surface area (TPSA) is 83.1 Å². The summed E-state index contributed by atoms with van der Waals surface area (Å²) in [4.78, 5) is 26.0. The summed E-state index contributed by atoms with van der Waals surface area (Å²) in [6.45, 7) is 8.66. The number of rotatable bonds is 3. The quantitative estimate of drug-likeness (QED) is 0.228. The number of imidazole rings is 2. The number of aromatic amines is 2. The Morgan fingerprint density at radius 2 is 0.950 bits per heavy atom. The molecule has 0 atom stereocenters. The van der Waals surface area contributed by atoms with Gasteiger partial charge in [-0.3, -0.25) is 9.97 Å². The van der Waals surface area contributed by atoms with E-state index >= 15 is 0 Å². The van der Waals surface area contributed by atoms with Crippen LogP contribution in [0, 0.1) is 0 Å². The fourth-order valence-electron chi connectivity index (χ4n) is 6.07. The first kappa shape index (κ1) is 23.1. The van der Waals surface area contributed by atoms with Gasteiger partial charge in [-0.2, -0.15) is 0 Å². The van der Waals surface area contributed by atoms with E-state index in [1.165, 1.54) is 43.4 Å². The van der Waals surface area contributed by atoms with Gasteiger partial charge in [0.2, 0.25) is 0 Å².